The van der Waals surface area contributed by atoms with Gasteiger partial charge in [0, 0.05) is 28.7 Å². The van der Waals surface area contributed by atoms with Gasteiger partial charge in [0.05, 0.1) is 32.7 Å². The Bertz CT molecular complexity index is 2020. The average molecular weight is 574 g/mol. The molecule has 5 rings (SSSR count). The van der Waals surface area contributed by atoms with E-state index in [9.17, 15) is 30.8 Å². The standard InChI is InChI=1S/C31H23N7O5/c1-16-11-20(12-24-17(2)25(14-32)30-29(24)18(3)26(15-33)31(34)35-30)19(4)36(16)21-5-8-23(9-6-21)43-28-10-7-22(37(39)40)13-27(28)38(41)42/h5-13H,1-4H3,(H2,34,35)/b24-12-. The molecule has 0 spiro atoms. The number of ether oxygens (including phenoxy) is 1. The smallest absolute Gasteiger partial charge is 0.318 e. The molecule has 12 nitrogen and oxygen atoms in total. The van der Waals surface area contributed by atoms with E-state index in [-0.39, 0.29) is 17.1 Å². The molecule has 0 radical (unpaired) electrons. The molecule has 0 amide bonds. The Labute approximate surface area is 245 Å². The topological polar surface area (TPSA) is 187 Å². The largest absolute Gasteiger partial charge is 0.450 e. The van der Waals surface area contributed by atoms with Gasteiger partial charge in [-0.2, -0.15) is 10.5 Å². The van der Waals surface area contributed by atoms with E-state index in [1.54, 1.807) is 31.2 Å². The first-order chi connectivity index (χ1) is 20.5. The lowest BCUT2D eigenvalue weighted by Crippen LogP contribution is -2.03. The highest BCUT2D eigenvalue weighted by atomic mass is 16.6. The number of aryl methyl sites for hydroxylation is 1. The van der Waals surface area contributed by atoms with Gasteiger partial charge in [-0.1, -0.05) is 0 Å². The molecule has 0 saturated heterocycles. The van der Waals surface area contributed by atoms with Crippen molar-refractivity contribution in [3.05, 3.63) is 114 Å². The monoisotopic (exact) mass is 573 g/mol. The predicted molar refractivity (Wildman–Crippen MR) is 159 cm³/mol. The van der Waals surface area contributed by atoms with E-state index in [1.807, 2.05) is 37.5 Å². The van der Waals surface area contributed by atoms with Crippen molar-refractivity contribution < 1.29 is 14.6 Å². The van der Waals surface area contributed by atoms with E-state index in [1.165, 1.54) is 6.07 Å². The summed E-state index contributed by atoms with van der Waals surface area (Å²) in [5, 5.41) is 42.0. The number of anilines is 1. The number of hydrogen-bond donors (Lipinski definition) is 1. The molecule has 43 heavy (non-hydrogen) atoms. The zero-order valence-electron chi connectivity index (χ0n) is 23.5. The zero-order chi connectivity index (χ0) is 31.2. The number of non-ortho nitro benzene ring substituents is 1. The van der Waals surface area contributed by atoms with Gasteiger partial charge in [-0.15, -0.1) is 0 Å². The van der Waals surface area contributed by atoms with Gasteiger partial charge >= 0.3 is 5.69 Å². The first-order valence-corrected chi connectivity index (χ1v) is 12.9. The van der Waals surface area contributed by atoms with Crippen LogP contribution in [0.1, 0.15) is 46.3 Å². The fourth-order valence-corrected chi connectivity index (χ4v) is 5.32. The Kier molecular flexibility index (Phi) is 6.98. The molecular weight excluding hydrogens is 550 g/mol. The van der Waals surface area contributed by atoms with Crippen LogP contribution in [0.3, 0.4) is 0 Å². The highest BCUT2D eigenvalue weighted by Gasteiger charge is 2.30. The fraction of sp³-hybridized carbons (Fsp3) is 0.129. The number of nitrogens with two attached hydrogens (primary N) is 1. The summed E-state index contributed by atoms with van der Waals surface area (Å²) in [4.78, 5) is 25.4. The van der Waals surface area contributed by atoms with Crippen molar-refractivity contribution in [3.8, 4) is 29.3 Å². The number of benzene rings is 2. The van der Waals surface area contributed by atoms with E-state index >= 15 is 0 Å². The molecular formula is C31H23N7O5. The second-order valence-electron chi connectivity index (χ2n) is 9.93. The molecule has 0 bridgehead atoms. The lowest BCUT2D eigenvalue weighted by atomic mass is 9.95. The molecule has 1 aliphatic rings. The summed E-state index contributed by atoms with van der Waals surface area (Å²) >= 11 is 0. The van der Waals surface area contributed by atoms with E-state index in [2.05, 4.69) is 17.1 Å². The molecule has 0 aliphatic heterocycles. The van der Waals surface area contributed by atoms with Crippen molar-refractivity contribution in [2.45, 2.75) is 27.7 Å². The van der Waals surface area contributed by atoms with Crippen LogP contribution in [0.2, 0.25) is 0 Å². The van der Waals surface area contributed by atoms with Crippen molar-refractivity contribution in [1.82, 2.24) is 9.55 Å². The first-order valence-electron chi connectivity index (χ1n) is 12.9. The second kappa shape index (κ2) is 10.6. The van der Waals surface area contributed by atoms with Gasteiger partial charge in [0.25, 0.3) is 5.69 Å². The summed E-state index contributed by atoms with van der Waals surface area (Å²) in [5.74, 6) is 0.288. The van der Waals surface area contributed by atoms with Crippen LogP contribution in [0.4, 0.5) is 17.2 Å². The van der Waals surface area contributed by atoms with Crippen LogP contribution in [0.15, 0.2) is 54.1 Å². The van der Waals surface area contributed by atoms with Crippen LogP contribution < -0.4 is 10.5 Å². The van der Waals surface area contributed by atoms with Gasteiger partial charge in [0.1, 0.15) is 23.7 Å². The average Bonchev–Trinajstić information content (AvgIpc) is 3.40. The Morgan fingerprint density at radius 2 is 1.67 bits per heavy atom. The van der Waals surface area contributed by atoms with Crippen molar-refractivity contribution >= 4 is 34.4 Å². The second-order valence-corrected chi connectivity index (χ2v) is 9.93. The lowest BCUT2D eigenvalue weighted by molar-refractivity contribution is -0.394. The Balaban J connectivity index is 1.51. The summed E-state index contributed by atoms with van der Waals surface area (Å²) < 4.78 is 7.73. The summed E-state index contributed by atoms with van der Waals surface area (Å²) in [6.07, 6.45) is 1.98. The molecule has 12 heteroatoms. The Morgan fingerprint density at radius 3 is 2.28 bits per heavy atom. The molecule has 2 N–H and O–H groups in total. The van der Waals surface area contributed by atoms with Gasteiger partial charge < -0.3 is 15.0 Å². The number of hydrogen-bond acceptors (Lipinski definition) is 9. The highest BCUT2D eigenvalue weighted by Crippen LogP contribution is 2.44. The summed E-state index contributed by atoms with van der Waals surface area (Å²) in [7, 11) is 0. The fourth-order valence-electron chi connectivity index (χ4n) is 5.32. The molecule has 2 aromatic heterocycles. The quantitative estimate of drug-likeness (QED) is 0.193. The molecule has 2 heterocycles. The molecule has 0 saturated carbocycles. The summed E-state index contributed by atoms with van der Waals surface area (Å²) in [5.41, 5.74) is 12.7. The van der Waals surface area contributed by atoms with Gasteiger partial charge in [0.15, 0.2) is 0 Å². The molecule has 0 unspecified atom stereocenters. The van der Waals surface area contributed by atoms with Crippen LogP contribution in [-0.2, 0) is 0 Å². The number of nitro groups is 2. The van der Waals surface area contributed by atoms with E-state index in [0.717, 1.165) is 45.9 Å². The van der Waals surface area contributed by atoms with Crippen LogP contribution in [0.5, 0.6) is 11.5 Å². The molecule has 1 aliphatic carbocycles. The van der Waals surface area contributed by atoms with E-state index in [4.69, 9.17) is 10.5 Å². The maximum atomic E-state index is 11.5. The number of nitrogens with zero attached hydrogens (tertiary/aromatic N) is 6. The Morgan fingerprint density at radius 1 is 0.977 bits per heavy atom. The van der Waals surface area contributed by atoms with Crippen molar-refractivity contribution in [3.63, 3.8) is 0 Å². The van der Waals surface area contributed by atoms with Crippen LogP contribution in [0, 0.1) is 63.7 Å². The number of nitro benzene ring substituents is 2. The number of nitriles is 2. The van der Waals surface area contributed by atoms with E-state index < -0.39 is 21.2 Å². The van der Waals surface area contributed by atoms with Crippen LogP contribution in [-0.4, -0.2) is 19.4 Å². The maximum Gasteiger partial charge on any atom is 0.318 e. The van der Waals surface area contributed by atoms with Crippen LogP contribution in [0.25, 0.3) is 22.9 Å². The minimum Gasteiger partial charge on any atom is -0.450 e. The molecule has 2 aromatic carbocycles. The summed E-state index contributed by atoms with van der Waals surface area (Å²) in [6, 6.07) is 16.5. The highest BCUT2D eigenvalue weighted by molar-refractivity contribution is 6.08. The first kappa shape index (κ1) is 28.3. The number of aromatic nitrogens is 2. The number of fused-ring (bicyclic) bond motifs is 1. The third-order valence-electron chi connectivity index (χ3n) is 7.43. The third kappa shape index (κ3) is 4.73. The molecule has 0 fully saturated rings. The molecule has 0 atom stereocenters. The van der Waals surface area contributed by atoms with Crippen LogP contribution >= 0.6 is 0 Å². The predicted octanol–water partition coefficient (Wildman–Crippen LogP) is 6.71. The minimum absolute atomic E-state index is 0.0920. The van der Waals surface area contributed by atoms with Gasteiger partial charge in [-0.25, -0.2) is 4.98 Å². The van der Waals surface area contributed by atoms with Crippen molar-refractivity contribution in [1.29, 1.82) is 10.5 Å². The number of nitrogen functional groups attached to an aromatic ring is 1. The lowest BCUT2D eigenvalue weighted by Gasteiger charge is -2.12. The van der Waals surface area contributed by atoms with Gasteiger partial charge in [-0.3, -0.25) is 20.2 Å². The third-order valence-corrected chi connectivity index (χ3v) is 7.43. The number of rotatable bonds is 6. The zero-order valence-corrected chi connectivity index (χ0v) is 23.5. The van der Waals surface area contributed by atoms with Gasteiger partial charge in [-0.05, 0) is 92.4 Å². The summed E-state index contributed by atoms with van der Waals surface area (Å²) in [6.45, 7) is 7.56. The van der Waals surface area contributed by atoms with Crippen molar-refractivity contribution in [2.24, 2.45) is 0 Å². The number of allylic oxidation sites excluding steroid dienone is 3. The Hall–Kier alpha value is -6.27. The van der Waals surface area contributed by atoms with Gasteiger partial charge in [0.2, 0.25) is 5.75 Å². The molecule has 212 valence electrons. The van der Waals surface area contributed by atoms with Crippen molar-refractivity contribution in [2.75, 3.05) is 5.73 Å². The maximum absolute atomic E-state index is 11.5. The van der Waals surface area contributed by atoms with E-state index in [0.29, 0.717) is 28.1 Å². The number of pyridine rings is 1. The normalized spacial score (nSPS) is 13.0. The minimum atomic E-state index is -0.730. The molecule has 4 aromatic rings. The SMILES string of the molecule is CC1=C(C#N)c2nc(N)c(C#N)c(C)c2/C1=C\c1cc(C)n(-c2ccc(Oc3ccc([N+](=O)[O-])cc3[N+](=O)[O-])cc2)c1C.